The van der Waals surface area contributed by atoms with Crippen LogP contribution in [0.25, 0.3) is 0 Å². The molecule has 0 unspecified atom stereocenters. The second-order valence-electron chi connectivity index (χ2n) is 8.34. The molecule has 0 spiro atoms. The Morgan fingerprint density at radius 2 is 1.54 bits per heavy atom. The summed E-state index contributed by atoms with van der Waals surface area (Å²) >= 11 is 0. The van der Waals surface area contributed by atoms with Gasteiger partial charge in [-0.3, -0.25) is 13.6 Å². The molecule has 0 saturated heterocycles. The van der Waals surface area contributed by atoms with Crippen LogP contribution >= 0.6 is 7.82 Å². The summed E-state index contributed by atoms with van der Waals surface area (Å²) in [5, 5.41) is 1.36. The van der Waals surface area contributed by atoms with Crippen molar-refractivity contribution in [3.8, 4) is 0 Å². The van der Waals surface area contributed by atoms with Crippen LogP contribution in [0.3, 0.4) is 0 Å². The Bertz CT molecular complexity index is 615. The summed E-state index contributed by atoms with van der Waals surface area (Å²) in [6.07, 6.45) is 5.38. The lowest BCUT2D eigenvalue weighted by Gasteiger charge is -2.26. The highest BCUT2D eigenvalue weighted by Gasteiger charge is 2.33. The molecule has 1 atom stereocenters. The van der Waals surface area contributed by atoms with Crippen molar-refractivity contribution >= 4 is 21.1 Å². The number of rotatable bonds is 13. The summed E-state index contributed by atoms with van der Waals surface area (Å²) in [5.74, 6) is 0. The fourth-order valence-electron chi connectivity index (χ4n) is 2.85. The van der Waals surface area contributed by atoms with Gasteiger partial charge in [0.2, 0.25) is 0 Å². The van der Waals surface area contributed by atoms with Crippen molar-refractivity contribution < 1.29 is 18.1 Å². The molecule has 0 fully saturated rings. The fourth-order valence-corrected chi connectivity index (χ4v) is 6.48. The minimum absolute atomic E-state index is 0.236. The van der Waals surface area contributed by atoms with E-state index in [2.05, 4.69) is 56.1 Å². The molecule has 1 aromatic rings. The number of hydrogen-bond acceptors (Lipinski definition) is 4. The van der Waals surface area contributed by atoms with Gasteiger partial charge in [0.25, 0.3) is 0 Å². The van der Waals surface area contributed by atoms with Crippen LogP contribution in [-0.4, -0.2) is 26.4 Å². The highest BCUT2D eigenvalue weighted by molar-refractivity contribution is 7.48. The Morgan fingerprint density at radius 1 is 0.964 bits per heavy atom. The van der Waals surface area contributed by atoms with E-state index in [9.17, 15) is 4.57 Å². The number of benzene rings is 1. The Labute approximate surface area is 173 Å². The van der Waals surface area contributed by atoms with E-state index in [1.54, 1.807) is 0 Å². The number of unbranched alkanes of at least 4 members (excludes halogenated alkanes) is 2. The van der Waals surface area contributed by atoms with Crippen molar-refractivity contribution in [1.29, 1.82) is 0 Å². The van der Waals surface area contributed by atoms with Crippen LogP contribution in [0.5, 0.6) is 0 Å². The zero-order valence-electron chi connectivity index (χ0n) is 18.7. The van der Waals surface area contributed by atoms with Gasteiger partial charge < -0.3 is 0 Å². The molecular formula is C22H39O4PSi. The topological polar surface area (TPSA) is 44.8 Å². The summed E-state index contributed by atoms with van der Waals surface area (Å²) in [5.41, 5.74) is 2.27. The predicted molar refractivity (Wildman–Crippen MR) is 122 cm³/mol. The van der Waals surface area contributed by atoms with Crippen molar-refractivity contribution in [2.45, 2.75) is 91.7 Å². The Kier molecular flexibility index (Phi) is 10.9. The third kappa shape index (κ3) is 9.66. The maximum Gasteiger partial charge on any atom is 0.475 e. The fraction of sp³-hybridized carbons (Fsp3) is 0.636. The molecule has 1 rings (SSSR count). The smallest absolute Gasteiger partial charge is 0.284 e. The number of phosphoric acid groups is 1. The average molecular weight is 427 g/mol. The maximum atomic E-state index is 13.2. The molecule has 6 heteroatoms. The van der Waals surface area contributed by atoms with E-state index >= 15 is 0 Å². The van der Waals surface area contributed by atoms with Crippen molar-refractivity contribution in [2.75, 3.05) is 0 Å². The zero-order chi connectivity index (χ0) is 21.2. The Morgan fingerprint density at radius 3 is 2.04 bits per heavy atom. The van der Waals surface area contributed by atoms with Gasteiger partial charge in [0, 0.05) is 0 Å². The molecule has 1 aromatic carbocycles. The molecule has 160 valence electrons. The monoisotopic (exact) mass is 426 g/mol. The molecule has 0 saturated carbocycles. The standard InChI is InChI=1S/C22H39O4PSi/c1-8-9-11-14-21(26-27(23,24-19(2)3)25-20(4)5)17-18-28(6,7)22-15-12-10-13-16-22/h10,12-13,15-21H,8-9,11,14H2,1-7H3/b18-17-/t21-/m0/s1. The Hall–Kier alpha value is -0.713. The van der Waals surface area contributed by atoms with E-state index in [0.717, 1.165) is 25.7 Å². The van der Waals surface area contributed by atoms with Crippen LogP contribution < -0.4 is 5.19 Å². The molecule has 0 amide bonds. The van der Waals surface area contributed by atoms with E-state index in [1.165, 1.54) is 5.19 Å². The van der Waals surface area contributed by atoms with Gasteiger partial charge in [-0.05, 0) is 34.1 Å². The lowest BCUT2D eigenvalue weighted by Crippen LogP contribution is -2.39. The second-order valence-corrected chi connectivity index (χ2v) is 14.2. The number of phosphoric ester groups is 1. The molecule has 0 N–H and O–H groups in total. The number of hydrogen-bond donors (Lipinski definition) is 0. The zero-order valence-corrected chi connectivity index (χ0v) is 20.6. The highest BCUT2D eigenvalue weighted by Crippen LogP contribution is 2.53. The molecular weight excluding hydrogens is 387 g/mol. The first-order valence-electron chi connectivity index (χ1n) is 10.5. The highest BCUT2D eigenvalue weighted by atomic mass is 31.2. The van der Waals surface area contributed by atoms with Gasteiger partial charge in [-0.15, -0.1) is 0 Å². The van der Waals surface area contributed by atoms with Crippen LogP contribution in [0, 0.1) is 0 Å². The SMILES string of the molecule is CCCCC[C@@H](/C=C\[Si](C)(C)c1ccccc1)OP(=O)(OC(C)C)OC(C)C. The average Bonchev–Trinajstić information content (AvgIpc) is 2.59. The van der Waals surface area contributed by atoms with Gasteiger partial charge >= 0.3 is 7.82 Å². The largest absolute Gasteiger partial charge is 0.475 e. The first kappa shape index (κ1) is 25.3. The van der Waals surface area contributed by atoms with Crippen LogP contribution in [0.15, 0.2) is 42.1 Å². The Balaban J connectivity index is 3.01. The van der Waals surface area contributed by atoms with Gasteiger partial charge in [0.1, 0.15) is 8.07 Å². The van der Waals surface area contributed by atoms with Gasteiger partial charge in [0.15, 0.2) is 0 Å². The van der Waals surface area contributed by atoms with E-state index in [1.807, 2.05) is 33.8 Å². The minimum atomic E-state index is -3.63. The van der Waals surface area contributed by atoms with Gasteiger partial charge in [0.05, 0.1) is 18.3 Å². The van der Waals surface area contributed by atoms with Crippen molar-refractivity contribution in [2.24, 2.45) is 0 Å². The third-order valence-corrected chi connectivity index (χ3v) is 9.02. The van der Waals surface area contributed by atoms with E-state index in [-0.39, 0.29) is 18.3 Å². The first-order chi connectivity index (χ1) is 13.1. The van der Waals surface area contributed by atoms with Gasteiger partial charge in [-0.2, -0.15) is 0 Å². The third-order valence-electron chi connectivity index (χ3n) is 4.28. The summed E-state index contributed by atoms with van der Waals surface area (Å²) in [4.78, 5) is 0. The van der Waals surface area contributed by atoms with Crippen LogP contribution in [0.2, 0.25) is 13.1 Å². The molecule has 0 heterocycles. The van der Waals surface area contributed by atoms with Crippen LogP contribution in [0.4, 0.5) is 0 Å². The molecule has 4 nitrogen and oxygen atoms in total. The quantitative estimate of drug-likeness (QED) is 0.202. The summed E-state index contributed by atoms with van der Waals surface area (Å²) in [6.45, 7) is 14.1. The van der Waals surface area contributed by atoms with Crippen molar-refractivity contribution in [1.82, 2.24) is 0 Å². The summed E-state index contributed by atoms with van der Waals surface area (Å²) in [6, 6.07) is 10.6. The minimum Gasteiger partial charge on any atom is -0.284 e. The van der Waals surface area contributed by atoms with E-state index < -0.39 is 15.9 Å². The molecule has 0 aliphatic carbocycles. The predicted octanol–water partition coefficient (Wildman–Crippen LogP) is 6.62. The van der Waals surface area contributed by atoms with Crippen LogP contribution in [0.1, 0.15) is 60.3 Å². The van der Waals surface area contributed by atoms with E-state index in [0.29, 0.717) is 0 Å². The summed E-state index contributed by atoms with van der Waals surface area (Å²) < 4.78 is 30.3. The molecule has 0 radical (unpaired) electrons. The molecule has 28 heavy (non-hydrogen) atoms. The molecule has 0 aromatic heterocycles. The lowest BCUT2D eigenvalue weighted by atomic mass is 10.1. The normalized spacial score (nSPS) is 14.3. The maximum absolute atomic E-state index is 13.2. The van der Waals surface area contributed by atoms with Gasteiger partial charge in [-0.25, -0.2) is 4.57 Å². The van der Waals surface area contributed by atoms with Crippen LogP contribution in [-0.2, 0) is 18.1 Å². The first-order valence-corrected chi connectivity index (χ1v) is 15.0. The molecule has 0 aliphatic rings. The second kappa shape index (κ2) is 12.1. The van der Waals surface area contributed by atoms with E-state index in [4.69, 9.17) is 13.6 Å². The summed E-state index contributed by atoms with van der Waals surface area (Å²) in [7, 11) is -5.39. The molecule has 0 aliphatic heterocycles. The van der Waals surface area contributed by atoms with Crippen molar-refractivity contribution in [3.05, 3.63) is 42.1 Å². The van der Waals surface area contributed by atoms with Gasteiger partial charge in [-0.1, -0.05) is 86.6 Å². The lowest BCUT2D eigenvalue weighted by molar-refractivity contribution is 0.0558. The van der Waals surface area contributed by atoms with Crippen molar-refractivity contribution in [3.63, 3.8) is 0 Å². The molecule has 0 bridgehead atoms.